The molecule has 0 aliphatic heterocycles. The van der Waals surface area contributed by atoms with Crippen LogP contribution < -0.4 is 5.73 Å². The quantitative estimate of drug-likeness (QED) is 0.648. The zero-order valence-electron chi connectivity index (χ0n) is 2.98. The van der Waals surface area contributed by atoms with Crippen molar-refractivity contribution in [3.05, 3.63) is 12.7 Å². The summed E-state index contributed by atoms with van der Waals surface area (Å²) in [6, 6.07) is 0. The van der Waals surface area contributed by atoms with Crippen LogP contribution in [0.15, 0.2) is 12.7 Å². The van der Waals surface area contributed by atoms with E-state index in [1.54, 1.807) is 6.08 Å². The zero-order valence-corrected chi connectivity index (χ0v) is 5.91. The molecule has 0 saturated carbocycles. The number of hydrogen-bond donors (Lipinski definition) is 1. The third-order valence-electron chi connectivity index (χ3n) is 0.167. The van der Waals surface area contributed by atoms with E-state index in [9.17, 15) is 0 Å². The Labute approximate surface area is 46.5 Å². The Morgan fingerprint density at radius 2 is 2.00 bits per heavy atom. The topological polar surface area (TPSA) is 26.0 Å². The van der Waals surface area contributed by atoms with Gasteiger partial charge in [0.25, 0.3) is 0 Å². The molecule has 0 spiro atoms. The molecule has 0 aromatic carbocycles. The van der Waals surface area contributed by atoms with Crippen LogP contribution in [0.2, 0.25) is 0 Å². The fourth-order valence-electron chi connectivity index (χ4n) is 0. The van der Waals surface area contributed by atoms with Crippen LogP contribution in [0.3, 0.4) is 0 Å². The smallest absolute Gasteiger partial charge is 0.0104 e. The van der Waals surface area contributed by atoms with Crippen LogP contribution in [0.1, 0.15) is 0 Å². The van der Waals surface area contributed by atoms with Gasteiger partial charge < -0.3 is 5.73 Å². The maximum atomic E-state index is 4.91. The van der Waals surface area contributed by atoms with Crippen molar-refractivity contribution in [1.29, 1.82) is 0 Å². The number of nitrogens with two attached hydrogens (primary N) is 1. The van der Waals surface area contributed by atoms with Gasteiger partial charge in [0.2, 0.25) is 0 Å². The Balaban J connectivity index is 0. The summed E-state index contributed by atoms with van der Waals surface area (Å²) in [5.41, 5.74) is 4.91. The van der Waals surface area contributed by atoms with Crippen molar-refractivity contribution in [3.63, 3.8) is 0 Å². The van der Waals surface area contributed by atoms with Crippen molar-refractivity contribution in [2.45, 2.75) is 0 Å². The van der Waals surface area contributed by atoms with E-state index in [-0.39, 0.29) is 21.1 Å². The Hall–Kier alpha value is 0.388. The largest absolute Gasteiger partial charge is 0.327 e. The van der Waals surface area contributed by atoms with Gasteiger partial charge in [-0.1, -0.05) is 6.08 Å². The fraction of sp³-hybridized carbons (Fsp3) is 0.333. The zero-order chi connectivity index (χ0) is 3.41. The van der Waals surface area contributed by atoms with Crippen LogP contribution in [0, 0.1) is 0 Å². The van der Waals surface area contributed by atoms with Gasteiger partial charge >= 0.3 is 0 Å². The predicted molar refractivity (Wildman–Crippen MR) is 19.3 cm³/mol. The first kappa shape index (κ1) is 9.04. The average molecular weight is 241 g/mol. The summed E-state index contributed by atoms with van der Waals surface area (Å²) in [7, 11) is 0. The Morgan fingerprint density at radius 1 is 1.80 bits per heavy atom. The molecule has 0 aliphatic rings. The molecular formula is C3H7NW. The molecule has 0 amide bonds. The molecule has 2 heteroatoms. The molecule has 0 saturated heterocycles. The summed E-state index contributed by atoms with van der Waals surface area (Å²) >= 11 is 0. The van der Waals surface area contributed by atoms with E-state index in [0.717, 1.165) is 0 Å². The third-order valence-corrected chi connectivity index (χ3v) is 0.167. The predicted octanol–water partition coefficient (Wildman–Crippen LogP) is 0.129. The molecule has 0 bridgehead atoms. The minimum atomic E-state index is 0. The number of rotatable bonds is 1. The maximum Gasteiger partial charge on any atom is 0.0104 e. The van der Waals surface area contributed by atoms with Gasteiger partial charge in [-0.15, -0.1) is 6.58 Å². The second-order valence-corrected chi connectivity index (χ2v) is 0.524. The van der Waals surface area contributed by atoms with Gasteiger partial charge in [0.15, 0.2) is 0 Å². The molecule has 0 fully saturated rings. The summed E-state index contributed by atoms with van der Waals surface area (Å²) in [4.78, 5) is 0. The molecule has 5 heavy (non-hydrogen) atoms. The monoisotopic (exact) mass is 241 g/mol. The molecule has 0 rings (SSSR count). The van der Waals surface area contributed by atoms with Crippen molar-refractivity contribution in [2.75, 3.05) is 6.54 Å². The van der Waals surface area contributed by atoms with E-state index in [0.29, 0.717) is 6.54 Å². The van der Waals surface area contributed by atoms with Gasteiger partial charge in [-0.25, -0.2) is 0 Å². The first-order valence-electron chi connectivity index (χ1n) is 1.22. The molecule has 0 aromatic rings. The second-order valence-electron chi connectivity index (χ2n) is 0.524. The van der Waals surface area contributed by atoms with Gasteiger partial charge in [-0.05, 0) is 0 Å². The van der Waals surface area contributed by atoms with Gasteiger partial charge in [0.05, 0.1) is 0 Å². The molecule has 0 heterocycles. The Kier molecular flexibility index (Phi) is 16.0. The molecule has 30 valence electrons. The Bertz CT molecular complexity index is 20.9. The van der Waals surface area contributed by atoms with Crippen molar-refractivity contribution in [2.24, 2.45) is 5.73 Å². The molecule has 0 atom stereocenters. The van der Waals surface area contributed by atoms with Gasteiger partial charge in [-0.3, -0.25) is 0 Å². The first-order valence-corrected chi connectivity index (χ1v) is 1.22. The summed E-state index contributed by atoms with van der Waals surface area (Å²) in [5.74, 6) is 0. The van der Waals surface area contributed by atoms with Crippen LogP contribution in [0.5, 0.6) is 0 Å². The average Bonchev–Trinajstić information content (AvgIpc) is 1.37. The molecule has 0 unspecified atom stereocenters. The molecule has 0 aromatic heterocycles. The SMILES string of the molecule is C=CCN.[W]. The minimum Gasteiger partial charge on any atom is -0.327 e. The Morgan fingerprint density at radius 3 is 2.00 bits per heavy atom. The van der Waals surface area contributed by atoms with E-state index < -0.39 is 0 Å². The van der Waals surface area contributed by atoms with E-state index in [1.165, 1.54) is 0 Å². The van der Waals surface area contributed by atoms with E-state index in [4.69, 9.17) is 5.73 Å². The molecule has 1 nitrogen and oxygen atoms in total. The van der Waals surface area contributed by atoms with Crippen LogP contribution in [0.25, 0.3) is 0 Å². The molecular weight excluding hydrogens is 234 g/mol. The van der Waals surface area contributed by atoms with Gasteiger partial charge in [0, 0.05) is 27.6 Å². The van der Waals surface area contributed by atoms with Crippen molar-refractivity contribution >= 4 is 0 Å². The minimum absolute atomic E-state index is 0. The molecule has 0 radical (unpaired) electrons. The van der Waals surface area contributed by atoms with E-state index in [1.807, 2.05) is 0 Å². The van der Waals surface area contributed by atoms with Crippen molar-refractivity contribution in [1.82, 2.24) is 0 Å². The summed E-state index contributed by atoms with van der Waals surface area (Å²) in [5, 5.41) is 0. The van der Waals surface area contributed by atoms with Crippen LogP contribution in [-0.4, -0.2) is 6.54 Å². The van der Waals surface area contributed by atoms with E-state index in [2.05, 4.69) is 6.58 Å². The van der Waals surface area contributed by atoms with Gasteiger partial charge in [0.1, 0.15) is 0 Å². The first-order chi connectivity index (χ1) is 1.91. The number of hydrogen-bond acceptors (Lipinski definition) is 1. The van der Waals surface area contributed by atoms with Gasteiger partial charge in [-0.2, -0.15) is 0 Å². The van der Waals surface area contributed by atoms with Crippen LogP contribution >= 0.6 is 0 Å². The van der Waals surface area contributed by atoms with E-state index >= 15 is 0 Å². The second kappa shape index (κ2) is 8.83. The normalized spacial score (nSPS) is 5.00. The third kappa shape index (κ3) is 13.0. The van der Waals surface area contributed by atoms with Crippen LogP contribution in [-0.2, 0) is 21.1 Å². The summed E-state index contributed by atoms with van der Waals surface area (Å²) < 4.78 is 0. The summed E-state index contributed by atoms with van der Waals surface area (Å²) in [6.07, 6.45) is 1.65. The standard InChI is InChI=1S/C3H7N.W/c1-2-3-4;/h2H,1,3-4H2;. The van der Waals surface area contributed by atoms with Crippen molar-refractivity contribution in [3.8, 4) is 0 Å². The maximum absolute atomic E-state index is 4.91. The molecule has 0 aliphatic carbocycles. The summed E-state index contributed by atoms with van der Waals surface area (Å²) in [6.45, 7) is 3.94. The van der Waals surface area contributed by atoms with Crippen molar-refractivity contribution < 1.29 is 21.1 Å². The van der Waals surface area contributed by atoms with Crippen LogP contribution in [0.4, 0.5) is 0 Å². The fourth-order valence-corrected chi connectivity index (χ4v) is 0. The molecule has 2 N–H and O–H groups in total.